The summed E-state index contributed by atoms with van der Waals surface area (Å²) in [5, 5.41) is 10.4. The zero-order valence-corrected chi connectivity index (χ0v) is 15.5. The Hall–Kier alpha value is -2.61. The molecule has 2 aliphatic rings. The van der Waals surface area contributed by atoms with E-state index in [9.17, 15) is 18.0 Å². The van der Waals surface area contributed by atoms with Gasteiger partial charge in [-0.15, -0.1) is 0 Å². The number of likely N-dealkylation sites (tertiary alicyclic amines) is 1. The molecule has 0 radical (unpaired) electrons. The van der Waals surface area contributed by atoms with Crippen LogP contribution in [-0.4, -0.2) is 49.9 Å². The van der Waals surface area contributed by atoms with Crippen molar-refractivity contribution in [1.82, 2.24) is 4.90 Å². The number of piperidine rings is 1. The van der Waals surface area contributed by atoms with E-state index in [0.29, 0.717) is 37.0 Å². The van der Waals surface area contributed by atoms with Crippen molar-refractivity contribution in [2.24, 2.45) is 5.92 Å². The first kappa shape index (κ1) is 17.8. The molecule has 0 aliphatic carbocycles. The van der Waals surface area contributed by atoms with Gasteiger partial charge in [0.2, 0.25) is 5.91 Å². The molecule has 2 aromatic carbocycles. The molecule has 2 aromatic rings. The van der Waals surface area contributed by atoms with E-state index in [1.807, 2.05) is 12.1 Å². The molecule has 0 saturated carbocycles. The number of amides is 1. The Labute approximate surface area is 157 Å². The maximum absolute atomic E-state index is 12.9. The minimum atomic E-state index is -3.75. The number of carboxylic acid groups (broad SMARTS) is 1. The highest BCUT2D eigenvalue weighted by Gasteiger charge is 2.37. The zero-order valence-electron chi connectivity index (χ0n) is 14.7. The fourth-order valence-electron chi connectivity index (χ4n) is 3.98. The summed E-state index contributed by atoms with van der Waals surface area (Å²) in [4.78, 5) is 25.4. The maximum atomic E-state index is 12.9. The summed E-state index contributed by atoms with van der Waals surface area (Å²) < 4.78 is 27.1. The monoisotopic (exact) mass is 388 g/mol. The molecular weight excluding hydrogens is 368 g/mol. The lowest BCUT2D eigenvalue weighted by Gasteiger charge is -2.32. The SMILES string of the molecule is O=C(O)CC1CCN(C(=O)CN2c3cccc4cccc(c34)S2(=O)=O)CC1. The summed E-state index contributed by atoms with van der Waals surface area (Å²) >= 11 is 0. The Morgan fingerprint density at radius 1 is 1.07 bits per heavy atom. The summed E-state index contributed by atoms with van der Waals surface area (Å²) in [6.45, 7) is 0.684. The van der Waals surface area contributed by atoms with Crippen molar-refractivity contribution in [3.8, 4) is 0 Å². The van der Waals surface area contributed by atoms with Crippen molar-refractivity contribution in [3.05, 3.63) is 36.4 Å². The molecule has 0 unspecified atom stereocenters. The fraction of sp³-hybridized carbons (Fsp3) is 0.368. The van der Waals surface area contributed by atoms with Crippen molar-refractivity contribution in [3.63, 3.8) is 0 Å². The lowest BCUT2D eigenvalue weighted by atomic mass is 9.93. The van der Waals surface area contributed by atoms with Gasteiger partial charge in [0, 0.05) is 24.9 Å². The fourth-order valence-corrected chi connectivity index (χ4v) is 5.64. The van der Waals surface area contributed by atoms with E-state index in [1.165, 1.54) is 4.31 Å². The Morgan fingerprint density at radius 2 is 1.74 bits per heavy atom. The number of aliphatic carboxylic acids is 1. The summed E-state index contributed by atoms with van der Waals surface area (Å²) in [5.41, 5.74) is 0.539. The zero-order chi connectivity index (χ0) is 19.2. The number of benzene rings is 2. The smallest absolute Gasteiger partial charge is 0.303 e. The highest BCUT2D eigenvalue weighted by atomic mass is 32.2. The minimum Gasteiger partial charge on any atom is -0.481 e. The van der Waals surface area contributed by atoms with Crippen LogP contribution < -0.4 is 4.31 Å². The summed E-state index contributed by atoms with van der Waals surface area (Å²) in [6.07, 6.45) is 1.36. The molecule has 0 spiro atoms. The number of carbonyl (C=O) groups excluding carboxylic acids is 1. The summed E-state index contributed by atoms with van der Waals surface area (Å²) in [7, 11) is -3.75. The molecule has 7 nitrogen and oxygen atoms in total. The van der Waals surface area contributed by atoms with E-state index in [0.717, 1.165) is 5.39 Å². The molecule has 4 rings (SSSR count). The first-order chi connectivity index (χ1) is 12.9. The molecule has 0 atom stereocenters. The van der Waals surface area contributed by atoms with Gasteiger partial charge in [0.25, 0.3) is 10.0 Å². The normalized spacial score (nSPS) is 18.8. The standard InChI is InChI=1S/C19H20N2O5S/c22-17(20-9-7-13(8-10-20)11-18(23)24)12-21-15-5-1-3-14-4-2-6-16(19(14)15)27(21,25)26/h1-6,13H,7-12H2,(H,23,24). The van der Waals surface area contributed by atoms with Crippen LogP contribution in [0, 0.1) is 5.92 Å². The van der Waals surface area contributed by atoms with Crippen LogP contribution >= 0.6 is 0 Å². The predicted octanol–water partition coefficient (Wildman–Crippen LogP) is 2.06. The van der Waals surface area contributed by atoms with E-state index in [2.05, 4.69) is 0 Å². The second-order valence-corrected chi connectivity index (χ2v) is 8.90. The third-order valence-corrected chi connectivity index (χ3v) is 7.19. The number of hydrogen-bond acceptors (Lipinski definition) is 4. The van der Waals surface area contributed by atoms with Crippen LogP contribution in [-0.2, 0) is 19.6 Å². The number of carboxylic acids is 1. The van der Waals surface area contributed by atoms with Crippen LogP contribution in [0.5, 0.6) is 0 Å². The molecule has 1 amide bonds. The van der Waals surface area contributed by atoms with Crippen LogP contribution in [0.15, 0.2) is 41.3 Å². The van der Waals surface area contributed by atoms with E-state index >= 15 is 0 Å². The van der Waals surface area contributed by atoms with Crippen LogP contribution in [0.3, 0.4) is 0 Å². The van der Waals surface area contributed by atoms with Crippen LogP contribution in [0.25, 0.3) is 10.8 Å². The second-order valence-electron chi connectivity index (χ2n) is 7.07. The van der Waals surface area contributed by atoms with Gasteiger partial charge in [-0.1, -0.05) is 24.3 Å². The average molecular weight is 388 g/mol. The number of sulfonamides is 1. The molecule has 0 bridgehead atoms. The van der Waals surface area contributed by atoms with Gasteiger partial charge in [0.05, 0.1) is 10.6 Å². The Bertz CT molecular complexity index is 1020. The highest BCUT2D eigenvalue weighted by molar-refractivity contribution is 7.93. The lowest BCUT2D eigenvalue weighted by Crippen LogP contribution is -2.45. The van der Waals surface area contributed by atoms with Crippen LogP contribution in [0.1, 0.15) is 19.3 Å². The molecule has 142 valence electrons. The first-order valence-electron chi connectivity index (χ1n) is 8.92. The molecule has 2 aliphatic heterocycles. The van der Waals surface area contributed by atoms with Gasteiger partial charge >= 0.3 is 5.97 Å². The number of anilines is 1. The van der Waals surface area contributed by atoms with Gasteiger partial charge in [-0.25, -0.2) is 8.42 Å². The number of nitrogens with zero attached hydrogens (tertiary/aromatic N) is 2. The van der Waals surface area contributed by atoms with Gasteiger partial charge in [-0.05, 0) is 36.3 Å². The first-order valence-corrected chi connectivity index (χ1v) is 10.4. The summed E-state index contributed by atoms with van der Waals surface area (Å²) in [6, 6.07) is 10.5. The van der Waals surface area contributed by atoms with Crippen molar-refractivity contribution in [2.75, 3.05) is 23.9 Å². The van der Waals surface area contributed by atoms with Gasteiger partial charge in [-0.3, -0.25) is 13.9 Å². The third kappa shape index (κ3) is 3.03. The quantitative estimate of drug-likeness (QED) is 0.865. The van der Waals surface area contributed by atoms with Crippen molar-refractivity contribution < 1.29 is 23.1 Å². The molecule has 0 aromatic heterocycles. The van der Waals surface area contributed by atoms with Crippen molar-refractivity contribution >= 4 is 38.4 Å². The van der Waals surface area contributed by atoms with Gasteiger partial charge in [0.15, 0.2) is 0 Å². The largest absolute Gasteiger partial charge is 0.481 e. The van der Waals surface area contributed by atoms with Crippen LogP contribution in [0.2, 0.25) is 0 Å². The maximum Gasteiger partial charge on any atom is 0.303 e. The van der Waals surface area contributed by atoms with Gasteiger partial charge in [0.1, 0.15) is 6.54 Å². The molecular formula is C19H20N2O5S. The number of rotatable bonds is 4. The molecule has 8 heteroatoms. The lowest BCUT2D eigenvalue weighted by molar-refractivity contribution is -0.138. The summed E-state index contributed by atoms with van der Waals surface area (Å²) in [5.74, 6) is -1.01. The Kier molecular flexibility index (Phi) is 4.30. The van der Waals surface area contributed by atoms with Crippen molar-refractivity contribution in [2.45, 2.75) is 24.2 Å². The Balaban J connectivity index is 1.53. The topological polar surface area (TPSA) is 95.0 Å². The van der Waals surface area contributed by atoms with E-state index in [-0.39, 0.29) is 29.7 Å². The van der Waals surface area contributed by atoms with Gasteiger partial charge in [-0.2, -0.15) is 0 Å². The highest BCUT2D eigenvalue weighted by Crippen LogP contribution is 2.41. The van der Waals surface area contributed by atoms with Crippen LogP contribution in [0.4, 0.5) is 5.69 Å². The predicted molar refractivity (Wildman–Crippen MR) is 100 cm³/mol. The third-order valence-electron chi connectivity index (χ3n) is 5.39. The van der Waals surface area contributed by atoms with E-state index in [4.69, 9.17) is 5.11 Å². The molecule has 2 heterocycles. The van der Waals surface area contributed by atoms with E-state index in [1.54, 1.807) is 29.2 Å². The average Bonchev–Trinajstić information content (AvgIpc) is 2.85. The van der Waals surface area contributed by atoms with E-state index < -0.39 is 16.0 Å². The number of carbonyl (C=O) groups is 2. The number of hydrogen-bond donors (Lipinski definition) is 1. The molecule has 1 N–H and O–H groups in total. The second kappa shape index (κ2) is 6.53. The van der Waals surface area contributed by atoms with Crippen molar-refractivity contribution in [1.29, 1.82) is 0 Å². The minimum absolute atomic E-state index is 0.0695. The van der Waals surface area contributed by atoms with Gasteiger partial charge < -0.3 is 10.0 Å². The Morgan fingerprint density at radius 3 is 2.41 bits per heavy atom. The molecule has 27 heavy (non-hydrogen) atoms. The molecule has 1 fully saturated rings. The molecule has 1 saturated heterocycles.